The van der Waals surface area contributed by atoms with E-state index >= 15 is 0 Å². The highest BCUT2D eigenvalue weighted by Crippen LogP contribution is 2.69. The van der Waals surface area contributed by atoms with Crippen molar-refractivity contribution in [3.05, 3.63) is 12.2 Å². The van der Waals surface area contributed by atoms with Gasteiger partial charge in [-0.05, 0) is 92.8 Å². The van der Waals surface area contributed by atoms with Gasteiger partial charge in [-0.3, -0.25) is 0 Å². The van der Waals surface area contributed by atoms with Crippen LogP contribution in [0.5, 0.6) is 0 Å². The zero-order valence-corrected chi connectivity index (χ0v) is 17.5. The summed E-state index contributed by atoms with van der Waals surface area (Å²) in [6, 6.07) is 0. The van der Waals surface area contributed by atoms with E-state index in [4.69, 9.17) is 9.47 Å². The number of hydrogen-bond donors (Lipinski definition) is 0. The summed E-state index contributed by atoms with van der Waals surface area (Å²) in [7, 11) is 0. The summed E-state index contributed by atoms with van der Waals surface area (Å²) in [6.07, 6.45) is 9.97. The molecule has 4 unspecified atom stereocenters. The topological polar surface area (TPSA) is 18.5 Å². The molecule has 0 aromatic heterocycles. The second kappa shape index (κ2) is 5.38. The molecule has 4 saturated carbocycles. The normalized spacial score (nSPS) is 57.9. The maximum atomic E-state index is 6.69. The van der Waals surface area contributed by atoms with E-state index in [1.165, 1.54) is 50.5 Å². The lowest BCUT2D eigenvalue weighted by Gasteiger charge is -2.63. The monoisotopic (exact) mass is 358 g/mol. The first kappa shape index (κ1) is 17.7. The molecule has 1 aliphatic heterocycles. The zero-order chi connectivity index (χ0) is 18.5. The summed E-state index contributed by atoms with van der Waals surface area (Å²) < 4.78 is 13.3. The van der Waals surface area contributed by atoms with Crippen LogP contribution < -0.4 is 0 Å². The van der Waals surface area contributed by atoms with Crippen LogP contribution in [-0.2, 0) is 9.47 Å². The Morgan fingerprint density at radius 2 is 1.62 bits per heavy atom. The fourth-order valence-corrected chi connectivity index (χ4v) is 8.29. The van der Waals surface area contributed by atoms with Crippen molar-refractivity contribution < 1.29 is 9.47 Å². The molecule has 5 rings (SSSR count). The minimum absolute atomic E-state index is 0.300. The number of allylic oxidation sites excluding steroid dienone is 1. The Labute approximate surface area is 160 Å². The number of fused-ring (bicyclic) bond motifs is 8. The molecule has 2 heteroatoms. The molecule has 2 nitrogen and oxygen atoms in total. The highest BCUT2D eigenvalue weighted by Gasteiger charge is 2.67. The third-order valence-corrected chi connectivity index (χ3v) is 9.75. The predicted octanol–water partition coefficient (Wildman–Crippen LogP) is 5.96. The SMILES string of the molecule is C=C1CCC2C3C(CC[C@]12C)[C@@]1(C)CC[C@H](C)CC1[C@H]1OC(C)(C)O[C@H]31. The van der Waals surface area contributed by atoms with E-state index in [2.05, 4.69) is 41.2 Å². The van der Waals surface area contributed by atoms with Crippen molar-refractivity contribution in [1.82, 2.24) is 0 Å². The second-order valence-corrected chi connectivity index (χ2v) is 11.4. The molecule has 1 saturated heterocycles. The average Bonchev–Trinajstić information content (AvgIpc) is 3.05. The van der Waals surface area contributed by atoms with Crippen molar-refractivity contribution in [2.45, 2.75) is 97.6 Å². The largest absolute Gasteiger partial charge is 0.344 e. The maximum absolute atomic E-state index is 6.69. The Morgan fingerprint density at radius 3 is 2.38 bits per heavy atom. The average molecular weight is 359 g/mol. The van der Waals surface area contributed by atoms with Crippen molar-refractivity contribution in [3.8, 4) is 0 Å². The first-order valence-electron chi connectivity index (χ1n) is 11.2. The smallest absolute Gasteiger partial charge is 0.163 e. The predicted molar refractivity (Wildman–Crippen MR) is 105 cm³/mol. The summed E-state index contributed by atoms with van der Waals surface area (Å²) in [5, 5.41) is 0. The van der Waals surface area contributed by atoms with Gasteiger partial charge in [0.15, 0.2) is 5.79 Å². The number of rotatable bonds is 0. The van der Waals surface area contributed by atoms with E-state index in [-0.39, 0.29) is 0 Å². The quantitative estimate of drug-likeness (QED) is 0.497. The van der Waals surface area contributed by atoms with Gasteiger partial charge < -0.3 is 9.47 Å². The van der Waals surface area contributed by atoms with Gasteiger partial charge in [-0.1, -0.05) is 39.3 Å². The molecule has 0 radical (unpaired) electrons. The van der Waals surface area contributed by atoms with E-state index in [1.807, 2.05) is 0 Å². The molecular formula is C24H38O2. The van der Waals surface area contributed by atoms with Crippen LogP contribution >= 0.6 is 0 Å². The Kier molecular flexibility index (Phi) is 3.67. The lowest BCUT2D eigenvalue weighted by molar-refractivity contribution is -0.176. The Morgan fingerprint density at radius 1 is 0.885 bits per heavy atom. The Balaban J connectivity index is 1.59. The molecule has 5 aliphatic rings. The lowest BCUT2D eigenvalue weighted by atomic mass is 9.43. The fourth-order valence-electron chi connectivity index (χ4n) is 8.29. The van der Waals surface area contributed by atoms with Crippen LogP contribution in [0.25, 0.3) is 0 Å². The third kappa shape index (κ3) is 2.18. The first-order chi connectivity index (χ1) is 12.2. The lowest BCUT2D eigenvalue weighted by Crippen LogP contribution is -2.62. The summed E-state index contributed by atoms with van der Waals surface area (Å²) in [5.41, 5.74) is 2.29. The van der Waals surface area contributed by atoms with E-state index in [1.54, 1.807) is 0 Å². The minimum atomic E-state index is -0.421. The van der Waals surface area contributed by atoms with Crippen LogP contribution in [0.1, 0.15) is 79.6 Å². The van der Waals surface area contributed by atoms with Crippen LogP contribution in [0.2, 0.25) is 0 Å². The van der Waals surface area contributed by atoms with Gasteiger partial charge in [-0.2, -0.15) is 0 Å². The van der Waals surface area contributed by atoms with E-state index in [9.17, 15) is 0 Å². The van der Waals surface area contributed by atoms with Crippen LogP contribution in [0, 0.1) is 40.4 Å². The van der Waals surface area contributed by atoms with Crippen molar-refractivity contribution >= 4 is 0 Å². The maximum Gasteiger partial charge on any atom is 0.163 e. The molecule has 146 valence electrons. The second-order valence-electron chi connectivity index (χ2n) is 11.4. The van der Waals surface area contributed by atoms with Gasteiger partial charge >= 0.3 is 0 Å². The minimum Gasteiger partial charge on any atom is -0.344 e. The third-order valence-electron chi connectivity index (χ3n) is 9.75. The van der Waals surface area contributed by atoms with Crippen LogP contribution in [0.3, 0.4) is 0 Å². The van der Waals surface area contributed by atoms with Crippen LogP contribution in [0.15, 0.2) is 12.2 Å². The van der Waals surface area contributed by atoms with E-state index < -0.39 is 5.79 Å². The summed E-state index contributed by atoms with van der Waals surface area (Å²) >= 11 is 0. The molecule has 26 heavy (non-hydrogen) atoms. The Hall–Kier alpha value is -0.340. The van der Waals surface area contributed by atoms with Gasteiger partial charge in [0.2, 0.25) is 0 Å². The highest BCUT2D eigenvalue weighted by molar-refractivity contribution is 5.23. The van der Waals surface area contributed by atoms with Crippen molar-refractivity contribution in [1.29, 1.82) is 0 Å². The molecule has 9 atom stereocenters. The molecule has 0 amide bonds. The molecule has 4 aliphatic carbocycles. The summed E-state index contributed by atoms with van der Waals surface area (Å²) in [4.78, 5) is 0. The molecule has 5 fully saturated rings. The van der Waals surface area contributed by atoms with Crippen LogP contribution in [-0.4, -0.2) is 18.0 Å². The molecule has 0 aromatic carbocycles. The van der Waals surface area contributed by atoms with Gasteiger partial charge in [-0.15, -0.1) is 0 Å². The van der Waals surface area contributed by atoms with Crippen LogP contribution in [0.4, 0.5) is 0 Å². The molecule has 0 aromatic rings. The highest BCUT2D eigenvalue weighted by atomic mass is 16.8. The number of ether oxygens (including phenoxy) is 2. The van der Waals surface area contributed by atoms with Crippen molar-refractivity contribution in [2.75, 3.05) is 0 Å². The molecular weight excluding hydrogens is 320 g/mol. The summed E-state index contributed by atoms with van der Waals surface area (Å²) in [6.45, 7) is 16.4. The van der Waals surface area contributed by atoms with E-state index in [0.29, 0.717) is 34.9 Å². The fraction of sp³-hybridized carbons (Fsp3) is 0.917. The molecule has 1 heterocycles. The van der Waals surface area contributed by atoms with Crippen molar-refractivity contribution in [3.63, 3.8) is 0 Å². The van der Waals surface area contributed by atoms with Gasteiger partial charge in [0.25, 0.3) is 0 Å². The van der Waals surface area contributed by atoms with Crippen molar-refractivity contribution in [2.24, 2.45) is 40.4 Å². The Bertz CT molecular complexity index is 624. The number of hydrogen-bond acceptors (Lipinski definition) is 2. The van der Waals surface area contributed by atoms with Gasteiger partial charge in [0.1, 0.15) is 0 Å². The van der Waals surface area contributed by atoms with Gasteiger partial charge in [0.05, 0.1) is 12.2 Å². The first-order valence-corrected chi connectivity index (χ1v) is 11.2. The van der Waals surface area contributed by atoms with E-state index in [0.717, 1.165) is 17.8 Å². The molecule has 0 spiro atoms. The zero-order valence-electron chi connectivity index (χ0n) is 17.5. The molecule has 0 N–H and O–H groups in total. The van der Waals surface area contributed by atoms with Gasteiger partial charge in [0, 0.05) is 0 Å². The summed E-state index contributed by atoms with van der Waals surface area (Å²) in [5.74, 6) is 3.30. The molecule has 0 bridgehead atoms. The van der Waals surface area contributed by atoms with Gasteiger partial charge in [-0.25, -0.2) is 0 Å². The standard InChI is InChI=1S/C24H38O2/c1-14-9-11-24(6)17-10-12-23(5)15(2)7-8-16(23)19(17)21-20(18(24)13-14)25-22(3,4)26-21/h14,16-21H,2,7-13H2,1,3-6H3/t14-,16?,17?,18?,19?,20+,21+,23+,24+/m0/s1.